The SMILES string of the molecule is C[C@]12CCC(=O)C=C1C[C@@H](O)[C@@H]1[C@@H]2CC[C@]2(C)C(=O)[C@H](Br)C[C@@H]12. The van der Waals surface area contributed by atoms with Crippen LogP contribution < -0.4 is 0 Å². The second-order valence-electron chi connectivity index (χ2n) is 8.64. The molecule has 4 heteroatoms. The first-order valence-electron chi connectivity index (χ1n) is 8.88. The van der Waals surface area contributed by atoms with Gasteiger partial charge in [-0.05, 0) is 61.3 Å². The van der Waals surface area contributed by atoms with Crippen LogP contribution in [0.15, 0.2) is 11.6 Å². The Morgan fingerprint density at radius 3 is 2.65 bits per heavy atom. The van der Waals surface area contributed by atoms with Gasteiger partial charge in [0.15, 0.2) is 11.6 Å². The van der Waals surface area contributed by atoms with E-state index in [1.54, 1.807) is 0 Å². The molecule has 1 N–H and O–H groups in total. The second kappa shape index (κ2) is 5.01. The van der Waals surface area contributed by atoms with E-state index in [1.165, 1.54) is 0 Å². The lowest BCUT2D eigenvalue weighted by Crippen LogP contribution is -2.55. The average molecular weight is 381 g/mol. The fourth-order valence-corrected chi connectivity index (χ4v) is 7.21. The molecule has 0 aliphatic heterocycles. The molecule has 3 nitrogen and oxygen atoms in total. The maximum atomic E-state index is 12.7. The van der Waals surface area contributed by atoms with Crippen LogP contribution in [0, 0.1) is 28.6 Å². The number of Topliss-reactive ketones (excluding diaryl/α,β-unsaturated/α-hetero) is 1. The van der Waals surface area contributed by atoms with E-state index >= 15 is 0 Å². The second-order valence-corrected chi connectivity index (χ2v) is 9.74. The molecule has 0 bridgehead atoms. The van der Waals surface area contributed by atoms with Crippen molar-refractivity contribution in [3.05, 3.63) is 11.6 Å². The van der Waals surface area contributed by atoms with Crippen LogP contribution in [0.5, 0.6) is 0 Å². The van der Waals surface area contributed by atoms with Crippen molar-refractivity contribution in [2.75, 3.05) is 0 Å². The van der Waals surface area contributed by atoms with E-state index in [0.717, 1.165) is 31.3 Å². The fraction of sp³-hybridized carbons (Fsp3) is 0.789. The van der Waals surface area contributed by atoms with Crippen LogP contribution in [-0.2, 0) is 9.59 Å². The minimum atomic E-state index is -0.416. The van der Waals surface area contributed by atoms with Crippen molar-refractivity contribution in [3.63, 3.8) is 0 Å². The number of alkyl halides is 1. The summed E-state index contributed by atoms with van der Waals surface area (Å²) < 4.78 is 0. The Hall–Kier alpha value is -0.480. The van der Waals surface area contributed by atoms with Crippen molar-refractivity contribution in [2.45, 2.75) is 63.3 Å². The quantitative estimate of drug-likeness (QED) is 0.654. The molecule has 4 aliphatic carbocycles. The Morgan fingerprint density at radius 2 is 1.91 bits per heavy atom. The van der Waals surface area contributed by atoms with Crippen LogP contribution in [0.4, 0.5) is 0 Å². The normalized spacial score (nSPS) is 52.5. The van der Waals surface area contributed by atoms with Crippen molar-refractivity contribution in [2.24, 2.45) is 28.6 Å². The summed E-state index contributed by atoms with van der Waals surface area (Å²) in [4.78, 5) is 24.4. The Kier molecular flexibility index (Phi) is 3.49. The molecule has 0 aromatic heterocycles. The van der Waals surface area contributed by atoms with Crippen LogP contribution >= 0.6 is 15.9 Å². The molecule has 0 radical (unpaired) electrons. The molecule has 0 unspecified atom stereocenters. The highest BCUT2D eigenvalue weighted by Gasteiger charge is 2.63. The van der Waals surface area contributed by atoms with Crippen molar-refractivity contribution in [3.8, 4) is 0 Å². The Bertz CT molecular complexity index is 612. The Morgan fingerprint density at radius 1 is 1.17 bits per heavy atom. The maximum Gasteiger partial charge on any atom is 0.155 e. The molecule has 0 spiro atoms. The number of ketones is 2. The molecular formula is C19H25BrO3. The highest BCUT2D eigenvalue weighted by molar-refractivity contribution is 9.10. The summed E-state index contributed by atoms with van der Waals surface area (Å²) >= 11 is 3.57. The zero-order valence-electron chi connectivity index (χ0n) is 13.8. The first-order chi connectivity index (χ1) is 10.8. The van der Waals surface area contributed by atoms with Crippen LogP contribution in [0.2, 0.25) is 0 Å². The number of hydrogen-bond donors (Lipinski definition) is 1. The van der Waals surface area contributed by atoms with Gasteiger partial charge in [-0.1, -0.05) is 35.4 Å². The van der Waals surface area contributed by atoms with Crippen LogP contribution in [-0.4, -0.2) is 27.6 Å². The predicted octanol–water partition coefficient (Wildman–Crippen LogP) is 3.43. The standard InChI is InChI=1S/C19H25BrO3/c1-18-5-3-11(21)7-10(18)8-15(22)16-12(18)4-6-19(2)13(16)9-14(20)17(19)23/h7,12-16,22H,3-6,8-9H2,1-2H3/t12-,13-,14+,15+,16+,18-,19-/m0/s1. The van der Waals surface area contributed by atoms with Gasteiger partial charge in [0.1, 0.15) is 0 Å². The van der Waals surface area contributed by atoms with Crippen molar-refractivity contribution < 1.29 is 14.7 Å². The molecule has 0 saturated heterocycles. The largest absolute Gasteiger partial charge is 0.392 e. The van der Waals surface area contributed by atoms with E-state index in [9.17, 15) is 14.7 Å². The molecule has 0 aromatic carbocycles. The van der Waals surface area contributed by atoms with Crippen LogP contribution in [0.3, 0.4) is 0 Å². The average Bonchev–Trinajstić information content (AvgIpc) is 2.73. The maximum absolute atomic E-state index is 12.7. The molecule has 0 heterocycles. The molecule has 23 heavy (non-hydrogen) atoms. The van der Waals surface area contributed by atoms with Gasteiger partial charge in [0.2, 0.25) is 0 Å². The number of carbonyl (C=O) groups is 2. The Labute approximate surface area is 146 Å². The van der Waals surface area contributed by atoms with Crippen molar-refractivity contribution in [1.82, 2.24) is 0 Å². The summed E-state index contributed by atoms with van der Waals surface area (Å²) in [7, 11) is 0. The molecule has 0 amide bonds. The summed E-state index contributed by atoms with van der Waals surface area (Å²) in [5.41, 5.74) is 0.913. The van der Waals surface area contributed by atoms with Crippen LogP contribution in [0.25, 0.3) is 0 Å². The number of hydrogen-bond acceptors (Lipinski definition) is 3. The number of fused-ring (bicyclic) bond motifs is 5. The van der Waals surface area contributed by atoms with Gasteiger partial charge in [0.05, 0.1) is 10.9 Å². The lowest BCUT2D eigenvalue weighted by molar-refractivity contribution is -0.139. The zero-order valence-corrected chi connectivity index (χ0v) is 15.4. The topological polar surface area (TPSA) is 54.4 Å². The van der Waals surface area contributed by atoms with E-state index < -0.39 is 6.10 Å². The highest BCUT2D eigenvalue weighted by Crippen LogP contribution is 2.64. The molecule has 126 valence electrons. The fourth-order valence-electron chi connectivity index (χ4n) is 6.28. The van der Waals surface area contributed by atoms with E-state index in [4.69, 9.17) is 0 Å². The van der Waals surface area contributed by atoms with Crippen molar-refractivity contribution >= 4 is 27.5 Å². The van der Waals surface area contributed by atoms with Gasteiger partial charge >= 0.3 is 0 Å². The van der Waals surface area contributed by atoms with Crippen LogP contribution in [0.1, 0.15) is 52.4 Å². The lowest BCUT2D eigenvalue weighted by Gasteiger charge is -2.58. The van der Waals surface area contributed by atoms with Gasteiger partial charge in [-0.25, -0.2) is 0 Å². The minimum Gasteiger partial charge on any atom is -0.392 e. The van der Waals surface area contributed by atoms with E-state index in [0.29, 0.717) is 24.5 Å². The summed E-state index contributed by atoms with van der Waals surface area (Å²) in [6.45, 7) is 4.40. The predicted molar refractivity (Wildman–Crippen MR) is 91.2 cm³/mol. The highest BCUT2D eigenvalue weighted by atomic mass is 79.9. The molecule has 4 aliphatic rings. The van der Waals surface area contributed by atoms with E-state index in [-0.39, 0.29) is 33.3 Å². The number of aliphatic hydroxyl groups excluding tert-OH is 1. The molecule has 0 aromatic rings. The number of rotatable bonds is 0. The summed E-state index contributed by atoms with van der Waals surface area (Å²) in [6, 6.07) is 0. The smallest absolute Gasteiger partial charge is 0.155 e. The summed E-state index contributed by atoms with van der Waals surface area (Å²) in [5.74, 6) is 1.40. The third-order valence-corrected chi connectivity index (χ3v) is 8.47. The monoisotopic (exact) mass is 380 g/mol. The summed E-state index contributed by atoms with van der Waals surface area (Å²) in [6.07, 6.45) is 6.29. The molecular weight excluding hydrogens is 356 g/mol. The summed E-state index contributed by atoms with van der Waals surface area (Å²) in [5, 5.41) is 10.9. The zero-order chi connectivity index (χ0) is 16.6. The number of carbonyl (C=O) groups excluding carboxylic acids is 2. The lowest BCUT2D eigenvalue weighted by atomic mass is 9.47. The van der Waals surface area contributed by atoms with Crippen molar-refractivity contribution in [1.29, 1.82) is 0 Å². The van der Waals surface area contributed by atoms with Gasteiger partial charge in [0, 0.05) is 11.8 Å². The molecule has 7 atom stereocenters. The van der Waals surface area contributed by atoms with E-state index in [1.807, 2.05) is 6.08 Å². The third kappa shape index (κ3) is 2.03. The number of halogens is 1. The Balaban J connectivity index is 1.75. The van der Waals surface area contributed by atoms with Gasteiger partial charge in [-0.2, -0.15) is 0 Å². The molecule has 3 saturated carbocycles. The van der Waals surface area contributed by atoms with Gasteiger partial charge in [-0.3, -0.25) is 9.59 Å². The first kappa shape index (κ1) is 16.0. The number of aliphatic hydroxyl groups is 1. The van der Waals surface area contributed by atoms with Gasteiger partial charge in [-0.15, -0.1) is 0 Å². The van der Waals surface area contributed by atoms with Gasteiger partial charge in [0.25, 0.3) is 0 Å². The van der Waals surface area contributed by atoms with Gasteiger partial charge < -0.3 is 5.11 Å². The third-order valence-electron chi connectivity index (χ3n) is 7.68. The molecule has 3 fully saturated rings. The molecule has 4 rings (SSSR count). The first-order valence-corrected chi connectivity index (χ1v) is 9.79. The van der Waals surface area contributed by atoms with E-state index in [2.05, 4.69) is 29.8 Å². The minimum absolute atomic E-state index is 0.0343.